The predicted octanol–water partition coefficient (Wildman–Crippen LogP) is -0.876. The Labute approximate surface area is 363 Å². The van der Waals surface area contributed by atoms with E-state index in [-0.39, 0.29) is 72.4 Å². The summed E-state index contributed by atoms with van der Waals surface area (Å²) in [6.07, 6.45) is -11.6. The molecule has 358 valence electrons. The second-order valence-electron chi connectivity index (χ2n) is 20.9. The van der Waals surface area contributed by atoms with Gasteiger partial charge in [0, 0.05) is 19.4 Å². The molecular formula is C44H74O18. The summed E-state index contributed by atoms with van der Waals surface area (Å²) in [5.41, 5.74) is -0.206. The van der Waals surface area contributed by atoms with E-state index in [0.717, 1.165) is 25.7 Å². The van der Waals surface area contributed by atoms with Gasteiger partial charge >= 0.3 is 0 Å². The maximum atomic E-state index is 11.6. The first kappa shape index (κ1) is 47.8. The van der Waals surface area contributed by atoms with Crippen LogP contribution in [0.15, 0.2) is 0 Å². The first-order valence-corrected chi connectivity index (χ1v) is 23.1. The highest BCUT2D eigenvalue weighted by Crippen LogP contribution is 2.71. The Balaban J connectivity index is 0.944. The molecule has 8 aliphatic rings. The summed E-state index contributed by atoms with van der Waals surface area (Å²) in [5, 5.41) is 105. The van der Waals surface area contributed by atoms with E-state index in [1.807, 2.05) is 6.92 Å². The Morgan fingerprint density at radius 3 is 2.10 bits per heavy atom. The average molecular weight is 891 g/mol. The Bertz CT molecular complexity index is 1510. The predicted molar refractivity (Wildman–Crippen MR) is 213 cm³/mol. The van der Waals surface area contributed by atoms with Crippen LogP contribution in [0.1, 0.15) is 85.5 Å². The molecule has 0 radical (unpaired) electrons. The Kier molecular flexibility index (Phi) is 14.2. The van der Waals surface area contributed by atoms with Gasteiger partial charge in [-0.25, -0.2) is 0 Å². The largest absolute Gasteiger partial charge is 0.394 e. The van der Waals surface area contributed by atoms with Crippen molar-refractivity contribution >= 4 is 0 Å². The molecule has 0 unspecified atom stereocenters. The number of methoxy groups -OCH3 is 1. The quantitative estimate of drug-likeness (QED) is 0.107. The third kappa shape index (κ3) is 8.24. The fourth-order valence-electron chi connectivity index (χ4n) is 14.0. The molecule has 0 spiro atoms. The van der Waals surface area contributed by atoms with E-state index in [0.29, 0.717) is 43.9 Å². The van der Waals surface area contributed by atoms with Crippen molar-refractivity contribution in [1.82, 2.24) is 0 Å². The Morgan fingerprint density at radius 2 is 1.39 bits per heavy atom. The number of aliphatic hydroxyl groups excluding tert-OH is 10. The van der Waals surface area contributed by atoms with Crippen molar-refractivity contribution in [2.24, 2.45) is 52.3 Å². The van der Waals surface area contributed by atoms with Crippen LogP contribution in [0.5, 0.6) is 0 Å². The molecule has 8 fully saturated rings. The molecular weight excluding hydrogens is 816 g/mol. The molecule has 18 nitrogen and oxygen atoms in total. The smallest absolute Gasteiger partial charge is 0.186 e. The van der Waals surface area contributed by atoms with Crippen molar-refractivity contribution < 1.29 is 89.0 Å². The van der Waals surface area contributed by atoms with Crippen LogP contribution in [0.4, 0.5) is 0 Å². The number of aliphatic hydroxyl groups is 10. The summed E-state index contributed by atoms with van der Waals surface area (Å²) < 4.78 is 48.8. The van der Waals surface area contributed by atoms with Gasteiger partial charge in [0.2, 0.25) is 0 Å². The summed E-state index contributed by atoms with van der Waals surface area (Å²) >= 11 is 0. The molecule has 4 saturated carbocycles. The minimum atomic E-state index is -1.61. The van der Waals surface area contributed by atoms with Crippen molar-refractivity contribution in [3.05, 3.63) is 0 Å². The van der Waals surface area contributed by atoms with Gasteiger partial charge in [-0.1, -0.05) is 27.7 Å². The summed E-state index contributed by atoms with van der Waals surface area (Å²) in [5.74, 6) is 0.442. The summed E-state index contributed by atoms with van der Waals surface area (Å²) in [4.78, 5) is 0. The lowest BCUT2D eigenvalue weighted by Crippen LogP contribution is -2.62. The standard InChI is InChI=1S/C44H74O18/c1-19(16-56-39-36(53)34(51)33(50)30(15-45)60-39)6-11-44(55-5)20(2)31-29(62-44)14-24-22-13-28(25-12-21(46)7-9-42(25,3)23(22)8-10-43(24,31)4)59-41-37(54)38(27(48)18-58-41)61-40-35(52)32(49)26(47)17-57-40/h19-41,45-54H,6-18H2,1-5H3/t19-,20+,21+,22-,23+,24+,25-,26-,27-,28+,29+,30-,31+,32+,33-,34+,35-,36-,37-,38+,39-,40+,41+,42-,43+,44-/m1/s1. The zero-order valence-electron chi connectivity index (χ0n) is 36.7. The number of hydrogen-bond acceptors (Lipinski definition) is 18. The van der Waals surface area contributed by atoms with Crippen molar-refractivity contribution in [3.63, 3.8) is 0 Å². The third-order valence-electron chi connectivity index (χ3n) is 17.5. The molecule has 4 heterocycles. The topological polar surface area (TPSA) is 276 Å². The molecule has 62 heavy (non-hydrogen) atoms. The van der Waals surface area contributed by atoms with E-state index < -0.39 is 98.4 Å². The molecule has 4 saturated heterocycles. The molecule has 8 rings (SSSR count). The van der Waals surface area contributed by atoms with Gasteiger partial charge in [-0.2, -0.15) is 0 Å². The van der Waals surface area contributed by atoms with Crippen molar-refractivity contribution in [1.29, 1.82) is 0 Å². The maximum absolute atomic E-state index is 11.6. The summed E-state index contributed by atoms with van der Waals surface area (Å²) in [7, 11) is 1.71. The zero-order valence-corrected chi connectivity index (χ0v) is 36.7. The first-order valence-electron chi connectivity index (χ1n) is 23.1. The molecule has 0 aromatic heterocycles. The lowest BCUT2D eigenvalue weighted by molar-refractivity contribution is -0.345. The molecule has 0 amide bonds. The van der Waals surface area contributed by atoms with Crippen LogP contribution in [0.25, 0.3) is 0 Å². The van der Waals surface area contributed by atoms with Crippen LogP contribution in [-0.4, -0.2) is 189 Å². The van der Waals surface area contributed by atoms with Crippen LogP contribution in [0, 0.1) is 52.3 Å². The highest BCUT2D eigenvalue weighted by Gasteiger charge is 2.70. The molecule has 0 aromatic carbocycles. The van der Waals surface area contributed by atoms with Crippen molar-refractivity contribution in [2.75, 3.05) is 33.5 Å². The Hall–Kier alpha value is -0.720. The zero-order chi connectivity index (χ0) is 44.6. The van der Waals surface area contributed by atoms with Crippen LogP contribution < -0.4 is 0 Å². The van der Waals surface area contributed by atoms with Crippen molar-refractivity contribution in [3.8, 4) is 0 Å². The van der Waals surface area contributed by atoms with Gasteiger partial charge in [0.05, 0.1) is 44.7 Å². The van der Waals surface area contributed by atoms with Gasteiger partial charge in [0.25, 0.3) is 0 Å². The summed E-state index contributed by atoms with van der Waals surface area (Å²) in [6.45, 7) is 8.20. The number of rotatable bonds is 12. The summed E-state index contributed by atoms with van der Waals surface area (Å²) in [6, 6.07) is 0. The maximum Gasteiger partial charge on any atom is 0.186 e. The normalized spacial score (nSPS) is 55.8. The number of hydrogen-bond donors (Lipinski definition) is 10. The Morgan fingerprint density at radius 1 is 0.710 bits per heavy atom. The van der Waals surface area contributed by atoms with E-state index in [4.69, 9.17) is 37.9 Å². The first-order chi connectivity index (χ1) is 29.4. The van der Waals surface area contributed by atoms with Gasteiger partial charge in [0.1, 0.15) is 61.0 Å². The lowest BCUT2D eigenvalue weighted by atomic mass is 9.43. The molecule has 0 bridgehead atoms. The highest BCUT2D eigenvalue weighted by molar-refractivity contribution is 5.16. The molecule has 4 aliphatic carbocycles. The van der Waals surface area contributed by atoms with E-state index in [1.165, 1.54) is 0 Å². The third-order valence-corrected chi connectivity index (χ3v) is 17.5. The fraction of sp³-hybridized carbons (Fsp3) is 1.00. The van der Waals surface area contributed by atoms with E-state index >= 15 is 0 Å². The monoisotopic (exact) mass is 890 g/mol. The van der Waals surface area contributed by atoms with Crippen LogP contribution in [0.3, 0.4) is 0 Å². The van der Waals surface area contributed by atoms with Crippen molar-refractivity contribution in [2.45, 2.75) is 189 Å². The highest BCUT2D eigenvalue weighted by atomic mass is 16.7. The van der Waals surface area contributed by atoms with Gasteiger partial charge < -0.3 is 89.0 Å². The van der Waals surface area contributed by atoms with E-state index in [9.17, 15) is 51.1 Å². The van der Waals surface area contributed by atoms with E-state index in [1.54, 1.807) is 7.11 Å². The SMILES string of the molecule is CO[C@]1(CC[C@@H](C)CO[C@@H]2O[C@H](CO)[C@@H](O)[C@H](O)[C@H]2O)O[C@H]2C[C@H]3[C@@H]4C[C@H](O[C@@H]5OC[C@@H](O)[C@H](O[C@@H]6OC[C@@H](O)[C@H](O)[C@H]6O)[C@H]5O)[C@H]5C[C@@H](O)CC[C@]5(C)[C@H]4CC[C@]3(C)[C@H]2[C@@H]1C. The minimum Gasteiger partial charge on any atom is -0.394 e. The van der Waals surface area contributed by atoms with Gasteiger partial charge in [-0.15, -0.1) is 0 Å². The minimum absolute atomic E-state index is 0.00263. The number of fused-ring (bicyclic) bond motifs is 7. The fourth-order valence-corrected chi connectivity index (χ4v) is 14.0. The van der Waals surface area contributed by atoms with E-state index in [2.05, 4.69) is 20.8 Å². The molecule has 10 N–H and O–H groups in total. The van der Waals surface area contributed by atoms with Gasteiger partial charge in [-0.05, 0) is 97.7 Å². The lowest BCUT2D eigenvalue weighted by Gasteiger charge is -2.63. The second-order valence-corrected chi connectivity index (χ2v) is 20.9. The second kappa shape index (κ2) is 18.4. The average Bonchev–Trinajstić information content (AvgIpc) is 3.71. The van der Waals surface area contributed by atoms with Gasteiger partial charge in [0.15, 0.2) is 24.7 Å². The van der Waals surface area contributed by atoms with Crippen LogP contribution >= 0.6 is 0 Å². The molecule has 26 atom stereocenters. The molecule has 4 aliphatic heterocycles. The van der Waals surface area contributed by atoms with Crippen LogP contribution in [-0.2, 0) is 37.9 Å². The van der Waals surface area contributed by atoms with Crippen LogP contribution in [0.2, 0.25) is 0 Å². The number of ether oxygens (including phenoxy) is 8. The van der Waals surface area contributed by atoms with Gasteiger partial charge in [-0.3, -0.25) is 0 Å². The molecule has 0 aromatic rings. The molecule has 18 heteroatoms.